The van der Waals surface area contributed by atoms with E-state index in [9.17, 15) is 13.2 Å². The van der Waals surface area contributed by atoms with Crippen LogP contribution < -0.4 is 0 Å². The van der Waals surface area contributed by atoms with Crippen LogP contribution in [0.2, 0.25) is 0 Å². The molecule has 7 heteroatoms. The van der Waals surface area contributed by atoms with Gasteiger partial charge < -0.3 is 4.57 Å². The molecule has 0 fully saturated rings. The number of rotatable bonds is 6. The van der Waals surface area contributed by atoms with Crippen LogP contribution in [0.5, 0.6) is 0 Å². The monoisotopic (exact) mass is 378 g/mol. The second-order valence-electron chi connectivity index (χ2n) is 6.81. The molecule has 0 N–H and O–H groups in total. The molecule has 0 aliphatic rings. The minimum absolute atomic E-state index is 0.218. The van der Waals surface area contributed by atoms with Crippen LogP contribution in [0.3, 0.4) is 0 Å². The molecule has 0 radical (unpaired) electrons. The molecule has 4 nitrogen and oxygen atoms in total. The van der Waals surface area contributed by atoms with Crippen molar-refractivity contribution in [2.24, 2.45) is 4.99 Å². The van der Waals surface area contributed by atoms with Gasteiger partial charge in [0.05, 0.1) is 12.2 Å². The van der Waals surface area contributed by atoms with Gasteiger partial charge in [0, 0.05) is 29.4 Å². The molecule has 2 aromatic heterocycles. The molecule has 0 saturated heterocycles. The van der Waals surface area contributed by atoms with Gasteiger partial charge in [-0.1, -0.05) is 18.9 Å². The third-order valence-corrected chi connectivity index (χ3v) is 4.07. The highest BCUT2D eigenvalue weighted by molar-refractivity contribution is 5.82. The molecular weight excluding hydrogens is 353 g/mol. The Morgan fingerprint density at radius 1 is 1.19 bits per heavy atom. The van der Waals surface area contributed by atoms with Gasteiger partial charge in [0.15, 0.2) is 5.69 Å². The zero-order chi connectivity index (χ0) is 20.2. The van der Waals surface area contributed by atoms with Crippen LogP contribution >= 0.6 is 0 Å². The van der Waals surface area contributed by atoms with Gasteiger partial charge in [0.25, 0.3) is 0 Å². The molecule has 0 aliphatic carbocycles. The molecule has 27 heavy (non-hydrogen) atoms. The van der Waals surface area contributed by atoms with Gasteiger partial charge in [-0.2, -0.15) is 13.2 Å². The van der Waals surface area contributed by atoms with Crippen molar-refractivity contribution in [3.63, 3.8) is 0 Å². The Labute approximate surface area is 157 Å². The van der Waals surface area contributed by atoms with E-state index in [1.807, 2.05) is 27.7 Å². The third-order valence-electron chi connectivity index (χ3n) is 4.07. The third kappa shape index (κ3) is 5.52. The summed E-state index contributed by atoms with van der Waals surface area (Å²) in [5.74, 6) is 0.233. The number of aryl methyl sites for hydroxylation is 1. The minimum atomic E-state index is -4.51. The first kappa shape index (κ1) is 20.9. The number of imidazole rings is 1. The van der Waals surface area contributed by atoms with Gasteiger partial charge in [-0.15, -0.1) is 0 Å². The predicted molar refractivity (Wildman–Crippen MR) is 102 cm³/mol. The Balaban J connectivity index is 2.51. The summed E-state index contributed by atoms with van der Waals surface area (Å²) in [5.41, 5.74) is 3.08. The number of nitrogens with zero attached hydrogens (tertiary/aromatic N) is 4. The number of pyridine rings is 1. The van der Waals surface area contributed by atoms with Crippen molar-refractivity contribution in [2.45, 2.75) is 60.2 Å². The van der Waals surface area contributed by atoms with E-state index in [1.165, 1.54) is 4.57 Å². The highest BCUT2D eigenvalue weighted by atomic mass is 19.4. The number of aromatic nitrogens is 3. The van der Waals surface area contributed by atoms with Crippen molar-refractivity contribution in [3.05, 3.63) is 47.2 Å². The topological polar surface area (TPSA) is 43.1 Å². The smallest absolute Gasteiger partial charge is 0.324 e. The molecule has 0 unspecified atom stereocenters. The molecule has 0 saturated carbocycles. The van der Waals surface area contributed by atoms with E-state index in [1.54, 1.807) is 18.3 Å². The number of alkyl halides is 3. The fraction of sp³-hybridized carbons (Fsp3) is 0.450. The van der Waals surface area contributed by atoms with Gasteiger partial charge in [-0.05, 0) is 46.2 Å². The highest BCUT2D eigenvalue weighted by Crippen LogP contribution is 2.31. The lowest BCUT2D eigenvalue weighted by molar-refractivity contribution is -0.140. The molecular formula is C20H25F3N4. The van der Waals surface area contributed by atoms with Crippen LogP contribution in [0.15, 0.2) is 40.8 Å². The molecule has 0 aromatic carbocycles. The Morgan fingerprint density at radius 2 is 1.89 bits per heavy atom. The Kier molecular flexibility index (Phi) is 6.57. The van der Waals surface area contributed by atoms with Gasteiger partial charge >= 0.3 is 6.18 Å². The van der Waals surface area contributed by atoms with Crippen LogP contribution in [0, 0.1) is 6.92 Å². The summed E-state index contributed by atoms with van der Waals surface area (Å²) in [6.07, 6.45) is -0.103. The summed E-state index contributed by atoms with van der Waals surface area (Å²) in [6.45, 7) is 9.86. The maximum atomic E-state index is 13.2. The molecule has 0 aliphatic heterocycles. The molecule has 146 valence electrons. The lowest BCUT2D eigenvalue weighted by Crippen LogP contribution is -2.06. The van der Waals surface area contributed by atoms with Gasteiger partial charge in [0.2, 0.25) is 0 Å². The van der Waals surface area contributed by atoms with E-state index in [4.69, 9.17) is 0 Å². The average Bonchev–Trinajstić information content (AvgIpc) is 2.99. The lowest BCUT2D eigenvalue weighted by atomic mass is 10.2. The van der Waals surface area contributed by atoms with Gasteiger partial charge in [-0.3, -0.25) is 9.98 Å². The van der Waals surface area contributed by atoms with E-state index >= 15 is 0 Å². The largest absolute Gasteiger partial charge is 0.434 e. The quantitative estimate of drug-likeness (QED) is 0.594. The van der Waals surface area contributed by atoms with Crippen LogP contribution in [-0.4, -0.2) is 20.2 Å². The fourth-order valence-corrected chi connectivity index (χ4v) is 2.62. The SMILES string of the molecule is CCCC(C)=NC(Cn1cc(C(F)(F)F)nc1-c1ccc(C)nc1)=C(C)C. The van der Waals surface area contributed by atoms with E-state index in [2.05, 4.69) is 21.9 Å². The summed E-state index contributed by atoms with van der Waals surface area (Å²) in [4.78, 5) is 12.6. The van der Waals surface area contributed by atoms with Crippen molar-refractivity contribution in [1.82, 2.24) is 14.5 Å². The van der Waals surface area contributed by atoms with E-state index in [0.717, 1.165) is 41.7 Å². The summed E-state index contributed by atoms with van der Waals surface area (Å²) in [6, 6.07) is 3.49. The van der Waals surface area contributed by atoms with Gasteiger partial charge in [0.1, 0.15) is 5.82 Å². The van der Waals surface area contributed by atoms with Crippen LogP contribution in [0.25, 0.3) is 11.4 Å². The molecule has 0 spiro atoms. The Morgan fingerprint density at radius 3 is 2.41 bits per heavy atom. The van der Waals surface area contributed by atoms with Crippen molar-refractivity contribution >= 4 is 5.71 Å². The maximum absolute atomic E-state index is 13.2. The number of hydrogen-bond donors (Lipinski definition) is 0. The van der Waals surface area contributed by atoms with E-state index in [0.29, 0.717) is 5.56 Å². The van der Waals surface area contributed by atoms with Gasteiger partial charge in [-0.25, -0.2) is 4.98 Å². The zero-order valence-corrected chi connectivity index (χ0v) is 16.4. The Hall–Kier alpha value is -2.44. The first-order valence-corrected chi connectivity index (χ1v) is 8.89. The van der Waals surface area contributed by atoms with Crippen molar-refractivity contribution in [3.8, 4) is 11.4 Å². The minimum Gasteiger partial charge on any atom is -0.324 e. The lowest BCUT2D eigenvalue weighted by Gasteiger charge is -2.11. The summed E-state index contributed by atoms with van der Waals surface area (Å²) >= 11 is 0. The normalized spacial score (nSPS) is 12.4. The molecule has 2 heterocycles. The zero-order valence-electron chi connectivity index (χ0n) is 16.4. The first-order chi connectivity index (χ1) is 12.6. The standard InChI is InChI=1S/C20H25F3N4/c1-6-7-15(5)25-17(13(2)3)11-27-12-18(20(21,22)23)26-19(27)16-9-8-14(4)24-10-16/h8-10,12H,6-7,11H2,1-5H3. The summed E-state index contributed by atoms with van der Waals surface area (Å²) < 4.78 is 41.2. The fourth-order valence-electron chi connectivity index (χ4n) is 2.62. The van der Waals surface area contributed by atoms with E-state index in [-0.39, 0.29) is 12.4 Å². The maximum Gasteiger partial charge on any atom is 0.434 e. The van der Waals surface area contributed by atoms with Crippen molar-refractivity contribution in [1.29, 1.82) is 0 Å². The van der Waals surface area contributed by atoms with Crippen LogP contribution in [0.1, 0.15) is 51.9 Å². The van der Waals surface area contributed by atoms with Crippen LogP contribution in [0.4, 0.5) is 13.2 Å². The van der Waals surface area contributed by atoms with E-state index < -0.39 is 11.9 Å². The number of aliphatic imine (C=N–C) groups is 1. The second kappa shape index (κ2) is 8.50. The highest BCUT2D eigenvalue weighted by Gasteiger charge is 2.35. The molecule has 2 aromatic rings. The Bertz CT molecular complexity index is 839. The first-order valence-electron chi connectivity index (χ1n) is 8.89. The predicted octanol–water partition coefficient (Wildman–Crippen LogP) is 5.83. The van der Waals surface area contributed by atoms with Crippen molar-refractivity contribution < 1.29 is 13.2 Å². The summed E-state index contributed by atoms with van der Waals surface area (Å²) in [5, 5.41) is 0. The number of allylic oxidation sites excluding steroid dienone is 2. The average molecular weight is 378 g/mol. The summed E-state index contributed by atoms with van der Waals surface area (Å²) in [7, 11) is 0. The molecule has 0 amide bonds. The number of hydrogen-bond acceptors (Lipinski definition) is 3. The molecule has 2 rings (SSSR count). The van der Waals surface area contributed by atoms with Crippen molar-refractivity contribution in [2.75, 3.05) is 0 Å². The number of halogens is 3. The molecule has 0 bridgehead atoms. The van der Waals surface area contributed by atoms with Crippen LogP contribution in [-0.2, 0) is 12.7 Å². The molecule has 0 atom stereocenters. The second-order valence-corrected chi connectivity index (χ2v) is 6.81.